The van der Waals surface area contributed by atoms with Crippen LogP contribution in [0.15, 0.2) is 4.42 Å². The summed E-state index contributed by atoms with van der Waals surface area (Å²) in [5, 5.41) is 3.12. The molecule has 1 aromatic heterocycles. The number of amides is 1. The fourth-order valence-electron chi connectivity index (χ4n) is 2.58. The molecule has 0 bridgehead atoms. The van der Waals surface area contributed by atoms with Gasteiger partial charge in [0.15, 0.2) is 5.89 Å². The van der Waals surface area contributed by atoms with Gasteiger partial charge in [0.2, 0.25) is 5.91 Å². The molecule has 20 heavy (non-hydrogen) atoms. The Labute approximate surface area is 121 Å². The molecule has 1 fully saturated rings. The first-order valence-electron chi connectivity index (χ1n) is 7.62. The zero-order valence-electron chi connectivity index (χ0n) is 13.1. The molecule has 1 aromatic rings. The molecule has 4 heteroatoms. The van der Waals surface area contributed by atoms with Gasteiger partial charge in [-0.3, -0.25) is 4.79 Å². The summed E-state index contributed by atoms with van der Waals surface area (Å²) in [5.41, 5.74) is 0.705. The normalized spacial score (nSPS) is 17.2. The number of carbonyl (C=O) groups excluding carboxylic acids is 1. The van der Waals surface area contributed by atoms with Gasteiger partial charge in [0.1, 0.15) is 5.76 Å². The third-order valence-corrected chi connectivity index (χ3v) is 3.83. The van der Waals surface area contributed by atoms with Crippen molar-refractivity contribution in [3.8, 4) is 0 Å². The number of hydrogen-bond donors (Lipinski definition) is 1. The van der Waals surface area contributed by atoms with E-state index in [0.717, 1.165) is 18.5 Å². The standard InChI is InChI=1S/C16H26N2O2/c1-11-13(20-15(17-11)16(2,3)4)10-14(19)18-12-8-6-5-7-9-12/h12H,5-10H2,1-4H3,(H,18,19). The SMILES string of the molecule is Cc1nc(C(C)(C)C)oc1CC(=O)NC1CCCCC1. The number of nitrogens with zero attached hydrogens (tertiary/aromatic N) is 1. The Morgan fingerprint density at radius 3 is 2.50 bits per heavy atom. The first-order valence-corrected chi connectivity index (χ1v) is 7.62. The Kier molecular flexibility index (Phi) is 4.51. The Morgan fingerprint density at radius 1 is 1.30 bits per heavy atom. The number of aromatic nitrogens is 1. The topological polar surface area (TPSA) is 55.1 Å². The van der Waals surface area contributed by atoms with Crippen LogP contribution in [0.4, 0.5) is 0 Å². The third-order valence-electron chi connectivity index (χ3n) is 3.83. The predicted octanol–water partition coefficient (Wildman–Crippen LogP) is 3.27. The van der Waals surface area contributed by atoms with E-state index < -0.39 is 0 Å². The zero-order chi connectivity index (χ0) is 14.8. The molecule has 0 spiro atoms. The van der Waals surface area contributed by atoms with Crippen LogP contribution < -0.4 is 5.32 Å². The van der Waals surface area contributed by atoms with Crippen LogP contribution in [0.3, 0.4) is 0 Å². The van der Waals surface area contributed by atoms with Crippen LogP contribution in [0.2, 0.25) is 0 Å². The summed E-state index contributed by atoms with van der Waals surface area (Å²) in [6.45, 7) is 8.08. The van der Waals surface area contributed by atoms with Gasteiger partial charge in [-0.1, -0.05) is 40.0 Å². The summed E-state index contributed by atoms with van der Waals surface area (Å²) >= 11 is 0. The smallest absolute Gasteiger partial charge is 0.227 e. The van der Waals surface area contributed by atoms with Crippen molar-refractivity contribution in [3.05, 3.63) is 17.3 Å². The fraction of sp³-hybridized carbons (Fsp3) is 0.750. The highest BCUT2D eigenvalue weighted by Gasteiger charge is 2.24. The molecule has 1 saturated carbocycles. The molecule has 2 rings (SSSR count). The second-order valence-electron chi connectivity index (χ2n) is 6.86. The molecule has 1 aliphatic rings. The van der Waals surface area contributed by atoms with Gasteiger partial charge in [0.05, 0.1) is 12.1 Å². The molecule has 1 N–H and O–H groups in total. The van der Waals surface area contributed by atoms with Crippen molar-refractivity contribution >= 4 is 5.91 Å². The minimum atomic E-state index is -0.122. The van der Waals surface area contributed by atoms with Crippen molar-refractivity contribution in [1.82, 2.24) is 10.3 Å². The number of hydrogen-bond acceptors (Lipinski definition) is 3. The van der Waals surface area contributed by atoms with E-state index in [-0.39, 0.29) is 11.3 Å². The zero-order valence-corrected chi connectivity index (χ0v) is 13.1. The lowest BCUT2D eigenvalue weighted by Gasteiger charge is -2.22. The van der Waals surface area contributed by atoms with Crippen LogP contribution in [0.25, 0.3) is 0 Å². The van der Waals surface area contributed by atoms with Crippen molar-refractivity contribution in [2.24, 2.45) is 0 Å². The Balaban J connectivity index is 1.95. The molecule has 1 aliphatic carbocycles. The molecule has 0 atom stereocenters. The van der Waals surface area contributed by atoms with Crippen molar-refractivity contribution in [2.75, 3.05) is 0 Å². The van der Waals surface area contributed by atoms with E-state index in [0.29, 0.717) is 24.1 Å². The van der Waals surface area contributed by atoms with Gasteiger partial charge < -0.3 is 9.73 Å². The first-order chi connectivity index (χ1) is 9.36. The molecule has 0 aliphatic heterocycles. The lowest BCUT2D eigenvalue weighted by atomic mass is 9.95. The maximum atomic E-state index is 12.1. The molecule has 1 amide bonds. The van der Waals surface area contributed by atoms with Crippen molar-refractivity contribution < 1.29 is 9.21 Å². The minimum Gasteiger partial charge on any atom is -0.444 e. The highest BCUT2D eigenvalue weighted by molar-refractivity contribution is 5.78. The predicted molar refractivity (Wildman–Crippen MR) is 78.7 cm³/mol. The van der Waals surface area contributed by atoms with E-state index in [1.54, 1.807) is 0 Å². The van der Waals surface area contributed by atoms with Crippen LogP contribution >= 0.6 is 0 Å². The third kappa shape index (κ3) is 3.84. The quantitative estimate of drug-likeness (QED) is 0.923. The summed E-state index contributed by atoms with van der Waals surface area (Å²) in [7, 11) is 0. The van der Waals surface area contributed by atoms with Gasteiger partial charge in [-0.15, -0.1) is 0 Å². The van der Waals surface area contributed by atoms with Gasteiger partial charge in [-0.2, -0.15) is 0 Å². The van der Waals surface area contributed by atoms with Crippen LogP contribution in [0.1, 0.15) is 70.2 Å². The summed E-state index contributed by atoms with van der Waals surface area (Å²) in [5.74, 6) is 1.45. The molecular formula is C16H26N2O2. The Morgan fingerprint density at radius 2 is 1.95 bits per heavy atom. The van der Waals surface area contributed by atoms with Crippen molar-refractivity contribution in [2.45, 2.75) is 77.7 Å². The summed E-state index contributed by atoms with van der Waals surface area (Å²) < 4.78 is 5.77. The number of carbonyl (C=O) groups is 1. The number of rotatable bonds is 3. The van der Waals surface area contributed by atoms with E-state index in [4.69, 9.17) is 4.42 Å². The van der Waals surface area contributed by atoms with Crippen molar-refractivity contribution in [1.29, 1.82) is 0 Å². The largest absolute Gasteiger partial charge is 0.444 e. The molecule has 4 nitrogen and oxygen atoms in total. The summed E-state index contributed by atoms with van der Waals surface area (Å²) in [6, 6.07) is 0.349. The van der Waals surface area contributed by atoms with Crippen LogP contribution in [0, 0.1) is 6.92 Å². The highest BCUT2D eigenvalue weighted by atomic mass is 16.4. The van der Waals surface area contributed by atoms with E-state index >= 15 is 0 Å². The summed E-state index contributed by atoms with van der Waals surface area (Å²) in [6.07, 6.45) is 6.25. The molecule has 1 heterocycles. The lowest BCUT2D eigenvalue weighted by molar-refractivity contribution is -0.121. The van der Waals surface area contributed by atoms with Gasteiger partial charge in [-0.25, -0.2) is 4.98 Å². The maximum Gasteiger partial charge on any atom is 0.227 e. The Hall–Kier alpha value is -1.32. The van der Waals surface area contributed by atoms with E-state index in [1.807, 2.05) is 6.92 Å². The first kappa shape index (κ1) is 15.1. The van der Waals surface area contributed by atoms with Crippen LogP contribution in [-0.2, 0) is 16.6 Å². The van der Waals surface area contributed by atoms with E-state index in [2.05, 4.69) is 31.1 Å². The van der Waals surface area contributed by atoms with Gasteiger partial charge >= 0.3 is 0 Å². The van der Waals surface area contributed by atoms with E-state index in [1.165, 1.54) is 19.3 Å². The fourth-order valence-corrected chi connectivity index (χ4v) is 2.58. The maximum absolute atomic E-state index is 12.1. The second kappa shape index (κ2) is 5.98. The summed E-state index contributed by atoms with van der Waals surface area (Å²) in [4.78, 5) is 16.5. The van der Waals surface area contributed by atoms with E-state index in [9.17, 15) is 4.79 Å². The minimum absolute atomic E-state index is 0.0524. The highest BCUT2D eigenvalue weighted by Crippen LogP contribution is 2.24. The molecule has 0 radical (unpaired) electrons. The molecule has 0 saturated heterocycles. The monoisotopic (exact) mass is 278 g/mol. The molecule has 112 valence electrons. The van der Waals surface area contributed by atoms with Gasteiger partial charge in [0, 0.05) is 11.5 Å². The van der Waals surface area contributed by atoms with Gasteiger partial charge in [0.25, 0.3) is 0 Å². The number of nitrogens with one attached hydrogen (secondary N) is 1. The second-order valence-corrected chi connectivity index (χ2v) is 6.86. The lowest BCUT2D eigenvalue weighted by Crippen LogP contribution is -2.37. The average Bonchev–Trinajstić information content (AvgIpc) is 2.72. The van der Waals surface area contributed by atoms with Crippen molar-refractivity contribution in [3.63, 3.8) is 0 Å². The van der Waals surface area contributed by atoms with Crippen LogP contribution in [-0.4, -0.2) is 16.9 Å². The molecule has 0 aromatic carbocycles. The van der Waals surface area contributed by atoms with Gasteiger partial charge in [-0.05, 0) is 19.8 Å². The average molecular weight is 278 g/mol. The molecule has 0 unspecified atom stereocenters. The van der Waals surface area contributed by atoms with Crippen LogP contribution in [0.5, 0.6) is 0 Å². The Bertz CT molecular complexity index is 465. The number of aryl methyl sites for hydroxylation is 1. The number of oxazole rings is 1. The molecular weight excluding hydrogens is 252 g/mol.